The number of rotatable bonds is 7. The molecule has 4 aliphatic heterocycles. The summed E-state index contributed by atoms with van der Waals surface area (Å²) in [7, 11) is -4.82. The van der Waals surface area contributed by atoms with Crippen LogP contribution in [0, 0.1) is 0 Å². The normalized spacial score (nSPS) is 28.7. The minimum absolute atomic E-state index is 0.101. The molecule has 4 aliphatic rings. The number of nitrogens with zero attached hydrogens (tertiary/aromatic N) is 3. The third-order valence-electron chi connectivity index (χ3n) is 5.99. The van der Waals surface area contributed by atoms with E-state index < -0.39 is 46.6 Å². The van der Waals surface area contributed by atoms with Crippen molar-refractivity contribution >= 4 is 28.3 Å². The number of carboxylic acid groups (broad SMARTS) is 1. The van der Waals surface area contributed by atoms with Crippen molar-refractivity contribution in [3.8, 4) is 0 Å². The predicted molar refractivity (Wildman–Crippen MR) is 109 cm³/mol. The van der Waals surface area contributed by atoms with Gasteiger partial charge in [0.05, 0.1) is 26.0 Å². The van der Waals surface area contributed by atoms with Gasteiger partial charge in [0, 0.05) is 31.7 Å². The number of alkyl halides is 3. The molecule has 4 saturated heterocycles. The number of hydrogen-bond acceptors (Lipinski definition) is 10. The summed E-state index contributed by atoms with van der Waals surface area (Å²) < 4.78 is 72.1. The number of ether oxygens (including phenoxy) is 1. The van der Waals surface area contributed by atoms with E-state index in [2.05, 4.69) is 20.0 Å². The third-order valence-corrected chi connectivity index (χ3v) is 6.34. The Labute approximate surface area is 203 Å². The van der Waals surface area contributed by atoms with Crippen LogP contribution in [0.3, 0.4) is 0 Å². The summed E-state index contributed by atoms with van der Waals surface area (Å²) in [6.45, 7) is 3.57. The summed E-state index contributed by atoms with van der Waals surface area (Å²) in [4.78, 5) is 42.5. The van der Waals surface area contributed by atoms with Gasteiger partial charge in [-0.2, -0.15) is 26.7 Å². The maximum Gasteiger partial charge on any atom is 0.490 e. The van der Waals surface area contributed by atoms with Crippen molar-refractivity contribution in [3.05, 3.63) is 0 Å². The second-order valence-electron chi connectivity index (χ2n) is 8.43. The molecule has 206 valence electrons. The lowest BCUT2D eigenvalue weighted by Gasteiger charge is -2.29. The van der Waals surface area contributed by atoms with Crippen LogP contribution in [-0.4, -0.2) is 121 Å². The second-order valence-corrected chi connectivity index (χ2v) is 9.44. The third kappa shape index (κ3) is 7.37. The molecule has 0 aromatic carbocycles. The Morgan fingerprint density at radius 2 is 1.94 bits per heavy atom. The molecule has 0 saturated carbocycles. The van der Waals surface area contributed by atoms with Crippen LogP contribution in [0.15, 0.2) is 0 Å². The van der Waals surface area contributed by atoms with E-state index in [0.29, 0.717) is 30.7 Å². The molecular weight excluding hydrogens is 523 g/mol. The first kappa shape index (κ1) is 28.3. The molecule has 4 heterocycles. The smallest absolute Gasteiger partial charge is 0.475 e. The molecule has 2 bridgehead atoms. The maximum absolute atomic E-state index is 12.5. The van der Waals surface area contributed by atoms with Crippen LogP contribution in [-0.2, 0) is 33.8 Å². The Morgan fingerprint density at radius 1 is 1.25 bits per heavy atom. The van der Waals surface area contributed by atoms with E-state index in [1.54, 1.807) is 0 Å². The molecule has 0 aromatic heterocycles. The molecular formula is C17H26F3N5O10S. The van der Waals surface area contributed by atoms with Gasteiger partial charge in [-0.25, -0.2) is 15.1 Å². The van der Waals surface area contributed by atoms with Crippen molar-refractivity contribution in [2.24, 2.45) is 0 Å². The van der Waals surface area contributed by atoms with Gasteiger partial charge in [-0.1, -0.05) is 0 Å². The number of hydrogen-bond donors (Lipinski definition) is 4. The second kappa shape index (κ2) is 11.4. The van der Waals surface area contributed by atoms with Crippen LogP contribution in [0.25, 0.3) is 0 Å². The monoisotopic (exact) mass is 549 g/mol. The standard InChI is InChI=1S/C15H25N5O8S.C2HF3O2/c21-14(17-27-8-10-5-12(6-16-10)18-3-4-26-9-18)13-2-1-11-7-19(13)15(22)20(11)28-29(23,24)25;3-2(4,5)1(6)7/h10-13,16H,1-9H2,(H,17,21)(H,23,24,25);(H,6,7)/t10-,11+,12+,13-;/m0./s1. The summed E-state index contributed by atoms with van der Waals surface area (Å²) >= 11 is 0. The number of carbonyl (C=O) groups excluding carboxylic acids is 2. The molecule has 19 heteroatoms. The van der Waals surface area contributed by atoms with Gasteiger partial charge in [-0.15, -0.1) is 4.28 Å². The zero-order valence-corrected chi connectivity index (χ0v) is 19.5. The first-order valence-corrected chi connectivity index (χ1v) is 12.2. The molecule has 4 atom stereocenters. The quantitative estimate of drug-likeness (QED) is 0.217. The van der Waals surface area contributed by atoms with Gasteiger partial charge >= 0.3 is 28.6 Å². The Morgan fingerprint density at radius 3 is 2.53 bits per heavy atom. The van der Waals surface area contributed by atoms with Gasteiger partial charge < -0.3 is 20.1 Å². The van der Waals surface area contributed by atoms with Crippen molar-refractivity contribution in [2.45, 2.75) is 49.6 Å². The summed E-state index contributed by atoms with van der Waals surface area (Å²) in [5.41, 5.74) is 2.39. The average Bonchev–Trinajstić information content (AvgIpc) is 3.51. The molecule has 0 aliphatic carbocycles. The fourth-order valence-electron chi connectivity index (χ4n) is 4.30. The number of carbonyl (C=O) groups is 3. The van der Waals surface area contributed by atoms with E-state index in [4.69, 9.17) is 24.0 Å². The Hall–Kier alpha value is -2.29. The molecule has 4 N–H and O–H groups in total. The SMILES string of the molecule is O=C(NOC[C@@H]1C[C@@H](N2CCOC2)CN1)[C@@H]1CC[C@@H]2CN1C(=O)N2OS(=O)(=O)O.O=C(O)C(F)(F)F. The van der Waals surface area contributed by atoms with Crippen LogP contribution in [0.2, 0.25) is 0 Å². The Kier molecular flexibility index (Phi) is 8.96. The maximum atomic E-state index is 12.5. The zero-order valence-electron chi connectivity index (χ0n) is 18.7. The van der Waals surface area contributed by atoms with E-state index in [1.807, 2.05) is 0 Å². The van der Waals surface area contributed by atoms with Crippen LogP contribution in [0.4, 0.5) is 18.0 Å². The van der Waals surface area contributed by atoms with Gasteiger partial charge in [0.25, 0.3) is 5.91 Å². The summed E-state index contributed by atoms with van der Waals surface area (Å²) in [6.07, 6.45) is -3.51. The first-order valence-electron chi connectivity index (χ1n) is 10.8. The number of carboxylic acids is 1. The average molecular weight is 549 g/mol. The van der Waals surface area contributed by atoms with Crippen LogP contribution in [0.5, 0.6) is 0 Å². The zero-order chi connectivity index (χ0) is 26.7. The van der Waals surface area contributed by atoms with Gasteiger partial charge in [0.2, 0.25) is 0 Å². The van der Waals surface area contributed by atoms with Gasteiger partial charge in [0.1, 0.15) is 6.04 Å². The van der Waals surface area contributed by atoms with Gasteiger partial charge in [-0.05, 0) is 19.3 Å². The number of hydroxylamine groups is 3. The number of amides is 3. The molecule has 0 aromatic rings. The summed E-state index contributed by atoms with van der Waals surface area (Å²) in [5, 5.41) is 11.1. The van der Waals surface area contributed by atoms with E-state index in [1.165, 1.54) is 4.90 Å². The van der Waals surface area contributed by atoms with Crippen molar-refractivity contribution in [3.63, 3.8) is 0 Å². The molecule has 4 fully saturated rings. The van der Waals surface area contributed by atoms with Crippen molar-refractivity contribution < 1.29 is 59.5 Å². The molecule has 0 unspecified atom stereocenters. The molecule has 0 radical (unpaired) electrons. The lowest BCUT2D eigenvalue weighted by molar-refractivity contribution is -0.192. The molecule has 36 heavy (non-hydrogen) atoms. The fourth-order valence-corrected chi connectivity index (χ4v) is 4.69. The Bertz CT molecular complexity index is 933. The van der Waals surface area contributed by atoms with Crippen molar-refractivity contribution in [2.75, 3.05) is 39.6 Å². The minimum atomic E-state index is -5.08. The number of halogens is 3. The predicted octanol–water partition coefficient (Wildman–Crippen LogP) is -1.31. The highest BCUT2D eigenvalue weighted by Crippen LogP contribution is 2.30. The molecule has 3 amide bonds. The molecule has 4 rings (SSSR count). The summed E-state index contributed by atoms with van der Waals surface area (Å²) in [6, 6.07) is -1.63. The number of fused-ring (bicyclic) bond motifs is 2. The number of urea groups is 1. The highest BCUT2D eigenvalue weighted by atomic mass is 32.3. The van der Waals surface area contributed by atoms with Gasteiger partial charge in [0.15, 0.2) is 0 Å². The lowest BCUT2D eigenvalue weighted by Crippen LogP contribution is -2.50. The molecule has 0 spiro atoms. The first-order chi connectivity index (χ1) is 16.8. The Balaban J connectivity index is 0.000000454. The number of aliphatic carboxylic acids is 1. The van der Waals surface area contributed by atoms with E-state index in [0.717, 1.165) is 26.1 Å². The highest BCUT2D eigenvalue weighted by molar-refractivity contribution is 7.80. The highest BCUT2D eigenvalue weighted by Gasteiger charge is 2.49. The lowest BCUT2D eigenvalue weighted by atomic mass is 10.0. The van der Waals surface area contributed by atoms with Crippen molar-refractivity contribution in [1.29, 1.82) is 0 Å². The van der Waals surface area contributed by atoms with Crippen LogP contribution < -0.4 is 10.8 Å². The minimum Gasteiger partial charge on any atom is -0.475 e. The number of nitrogens with one attached hydrogen (secondary N) is 2. The van der Waals surface area contributed by atoms with Gasteiger partial charge in [-0.3, -0.25) is 19.1 Å². The summed E-state index contributed by atoms with van der Waals surface area (Å²) in [5.74, 6) is -3.24. The molecule has 15 nitrogen and oxygen atoms in total. The van der Waals surface area contributed by atoms with Crippen LogP contribution >= 0.6 is 0 Å². The number of piperidine rings is 1. The fraction of sp³-hybridized carbons (Fsp3) is 0.824. The van der Waals surface area contributed by atoms with E-state index in [-0.39, 0.29) is 19.2 Å². The van der Waals surface area contributed by atoms with E-state index >= 15 is 0 Å². The van der Waals surface area contributed by atoms with E-state index in [9.17, 15) is 31.2 Å². The van der Waals surface area contributed by atoms with Crippen LogP contribution in [0.1, 0.15) is 19.3 Å². The topological polar surface area (TPSA) is 187 Å². The largest absolute Gasteiger partial charge is 0.490 e. The van der Waals surface area contributed by atoms with Crippen molar-refractivity contribution in [1.82, 2.24) is 25.7 Å².